The number of H-pyrrole nitrogens is 1. The van der Waals surface area contributed by atoms with Gasteiger partial charge in [0.2, 0.25) is 0 Å². The highest BCUT2D eigenvalue weighted by Crippen LogP contribution is 2.26. The number of rotatable bonds is 4. The van der Waals surface area contributed by atoms with Gasteiger partial charge in [0.25, 0.3) is 0 Å². The molecule has 1 atom stereocenters. The number of carboxylic acids is 1. The third-order valence-electron chi connectivity index (χ3n) is 4.59. The lowest BCUT2D eigenvalue weighted by Gasteiger charge is -2.23. The molecular formula is C19H18N2O2. The highest BCUT2D eigenvalue weighted by molar-refractivity contribution is 5.81. The van der Waals surface area contributed by atoms with E-state index in [2.05, 4.69) is 23.2 Å². The molecule has 0 radical (unpaired) electrons. The van der Waals surface area contributed by atoms with Crippen LogP contribution in [-0.4, -0.2) is 27.0 Å². The lowest BCUT2D eigenvalue weighted by molar-refractivity contribution is -0.143. The van der Waals surface area contributed by atoms with Crippen molar-refractivity contribution in [1.29, 1.82) is 0 Å². The molecule has 116 valence electrons. The van der Waals surface area contributed by atoms with Gasteiger partial charge in [-0.25, -0.2) is 0 Å². The minimum absolute atomic E-state index is 0.484. The summed E-state index contributed by atoms with van der Waals surface area (Å²) in [6.45, 7) is 1.40. The lowest BCUT2D eigenvalue weighted by Crippen LogP contribution is -2.39. The third kappa shape index (κ3) is 2.62. The van der Waals surface area contributed by atoms with E-state index >= 15 is 0 Å². The Labute approximate surface area is 134 Å². The van der Waals surface area contributed by atoms with Crippen LogP contribution in [0, 0.1) is 0 Å². The number of nitrogens with zero attached hydrogens (tertiary/aromatic N) is 1. The van der Waals surface area contributed by atoms with Gasteiger partial charge >= 0.3 is 5.97 Å². The maximum Gasteiger partial charge on any atom is 0.321 e. The SMILES string of the molecule is O=C(O)C(Cc1cc2ccccc2[nH]1)N1Cc2ccccc2C1. The van der Waals surface area contributed by atoms with E-state index in [0.717, 1.165) is 16.6 Å². The van der Waals surface area contributed by atoms with Gasteiger partial charge < -0.3 is 10.1 Å². The number of nitrogens with one attached hydrogen (secondary N) is 1. The largest absolute Gasteiger partial charge is 0.480 e. The Hall–Kier alpha value is -2.59. The van der Waals surface area contributed by atoms with Crippen LogP contribution < -0.4 is 0 Å². The summed E-state index contributed by atoms with van der Waals surface area (Å²) in [6.07, 6.45) is 0.484. The number of aliphatic carboxylic acids is 1. The van der Waals surface area contributed by atoms with Gasteiger partial charge in [-0.2, -0.15) is 0 Å². The Balaban J connectivity index is 1.58. The first-order valence-corrected chi connectivity index (χ1v) is 7.81. The highest BCUT2D eigenvalue weighted by atomic mass is 16.4. The topological polar surface area (TPSA) is 56.3 Å². The van der Waals surface area contributed by atoms with Crippen LogP contribution in [0.25, 0.3) is 10.9 Å². The second kappa shape index (κ2) is 5.56. The van der Waals surface area contributed by atoms with Gasteiger partial charge in [-0.15, -0.1) is 0 Å². The first-order valence-electron chi connectivity index (χ1n) is 7.81. The Morgan fingerprint density at radius 3 is 2.39 bits per heavy atom. The van der Waals surface area contributed by atoms with Gasteiger partial charge in [0, 0.05) is 30.7 Å². The zero-order valence-corrected chi connectivity index (χ0v) is 12.7. The maximum absolute atomic E-state index is 11.8. The minimum Gasteiger partial charge on any atom is -0.480 e. The van der Waals surface area contributed by atoms with E-state index in [-0.39, 0.29) is 0 Å². The molecule has 0 saturated heterocycles. The van der Waals surface area contributed by atoms with Gasteiger partial charge in [0.15, 0.2) is 0 Å². The minimum atomic E-state index is -0.767. The number of carbonyl (C=O) groups is 1. The molecule has 4 nitrogen and oxygen atoms in total. The molecule has 0 saturated carbocycles. The first kappa shape index (κ1) is 14.0. The van der Waals surface area contributed by atoms with Crippen LogP contribution >= 0.6 is 0 Å². The molecule has 0 fully saturated rings. The van der Waals surface area contributed by atoms with Gasteiger partial charge in [-0.1, -0.05) is 42.5 Å². The zero-order chi connectivity index (χ0) is 15.8. The smallest absolute Gasteiger partial charge is 0.321 e. The van der Waals surface area contributed by atoms with Crippen LogP contribution in [0.1, 0.15) is 16.8 Å². The van der Waals surface area contributed by atoms with Crippen molar-refractivity contribution in [3.63, 3.8) is 0 Å². The molecular weight excluding hydrogens is 288 g/mol. The van der Waals surface area contributed by atoms with Gasteiger partial charge in [-0.3, -0.25) is 9.69 Å². The number of para-hydroxylation sites is 1. The maximum atomic E-state index is 11.8. The van der Waals surface area contributed by atoms with Crippen molar-refractivity contribution in [2.24, 2.45) is 0 Å². The monoisotopic (exact) mass is 306 g/mol. The average Bonchev–Trinajstić information content (AvgIpc) is 3.15. The number of aromatic nitrogens is 1. The average molecular weight is 306 g/mol. The molecule has 3 aromatic rings. The Morgan fingerprint density at radius 1 is 1.09 bits per heavy atom. The van der Waals surface area contributed by atoms with Crippen molar-refractivity contribution < 1.29 is 9.90 Å². The van der Waals surface area contributed by atoms with Crippen molar-refractivity contribution in [2.75, 3.05) is 0 Å². The number of aromatic amines is 1. The van der Waals surface area contributed by atoms with E-state index in [1.54, 1.807) is 0 Å². The third-order valence-corrected chi connectivity index (χ3v) is 4.59. The van der Waals surface area contributed by atoms with Gasteiger partial charge in [0.05, 0.1) is 0 Å². The van der Waals surface area contributed by atoms with Crippen LogP contribution in [-0.2, 0) is 24.3 Å². The molecule has 1 aromatic heterocycles. The number of carboxylic acid groups (broad SMARTS) is 1. The molecule has 0 spiro atoms. The summed E-state index contributed by atoms with van der Waals surface area (Å²) in [4.78, 5) is 17.2. The van der Waals surface area contributed by atoms with Crippen LogP contribution in [0.15, 0.2) is 54.6 Å². The molecule has 1 aliphatic heterocycles. The first-order chi connectivity index (χ1) is 11.2. The number of fused-ring (bicyclic) bond motifs is 2. The summed E-state index contributed by atoms with van der Waals surface area (Å²) in [5.41, 5.74) is 4.48. The van der Waals surface area contributed by atoms with E-state index in [0.29, 0.717) is 19.5 Å². The quantitative estimate of drug-likeness (QED) is 0.778. The second-order valence-corrected chi connectivity index (χ2v) is 6.11. The summed E-state index contributed by atoms with van der Waals surface area (Å²) in [5.74, 6) is -0.767. The molecule has 1 aliphatic rings. The van der Waals surface area contributed by atoms with Crippen molar-refractivity contribution in [1.82, 2.24) is 9.88 Å². The molecule has 23 heavy (non-hydrogen) atoms. The highest BCUT2D eigenvalue weighted by Gasteiger charge is 2.30. The second-order valence-electron chi connectivity index (χ2n) is 6.11. The predicted octanol–water partition coefficient (Wildman–Crippen LogP) is 3.18. The van der Waals surface area contributed by atoms with Gasteiger partial charge in [-0.05, 0) is 28.6 Å². The fourth-order valence-corrected chi connectivity index (χ4v) is 3.40. The molecule has 2 aromatic carbocycles. The fourth-order valence-electron chi connectivity index (χ4n) is 3.40. The van der Waals surface area contributed by atoms with Crippen LogP contribution in [0.4, 0.5) is 0 Å². The summed E-state index contributed by atoms with van der Waals surface area (Å²) in [7, 11) is 0. The summed E-state index contributed by atoms with van der Waals surface area (Å²) in [5, 5.41) is 10.8. The van der Waals surface area contributed by atoms with E-state index in [1.165, 1.54) is 11.1 Å². The Bertz CT molecular complexity index is 810. The lowest BCUT2D eigenvalue weighted by atomic mass is 10.1. The molecule has 4 rings (SSSR count). The van der Waals surface area contributed by atoms with E-state index < -0.39 is 12.0 Å². The molecule has 2 N–H and O–H groups in total. The van der Waals surface area contributed by atoms with Crippen LogP contribution in [0.3, 0.4) is 0 Å². The Morgan fingerprint density at radius 2 is 1.74 bits per heavy atom. The summed E-state index contributed by atoms with van der Waals surface area (Å²) < 4.78 is 0. The Kier molecular flexibility index (Phi) is 3.39. The zero-order valence-electron chi connectivity index (χ0n) is 12.7. The standard InChI is InChI=1S/C19H18N2O2/c22-19(23)18(21-11-14-6-1-2-7-15(14)12-21)10-16-9-13-5-3-4-8-17(13)20-16/h1-9,18,20H,10-12H2,(H,22,23). The molecule has 0 aliphatic carbocycles. The number of hydrogen-bond acceptors (Lipinski definition) is 2. The summed E-state index contributed by atoms with van der Waals surface area (Å²) >= 11 is 0. The van der Waals surface area contributed by atoms with Crippen molar-refractivity contribution in [3.05, 3.63) is 71.4 Å². The number of hydrogen-bond donors (Lipinski definition) is 2. The van der Waals surface area contributed by atoms with Gasteiger partial charge in [0.1, 0.15) is 6.04 Å². The summed E-state index contributed by atoms with van der Waals surface area (Å²) in [6, 6.07) is 17.7. The van der Waals surface area contributed by atoms with Crippen LogP contribution in [0.2, 0.25) is 0 Å². The normalized spacial score (nSPS) is 15.7. The van der Waals surface area contributed by atoms with Crippen LogP contribution in [0.5, 0.6) is 0 Å². The fraction of sp³-hybridized carbons (Fsp3) is 0.211. The molecule has 1 unspecified atom stereocenters. The van der Waals surface area contributed by atoms with E-state index in [1.807, 2.05) is 41.3 Å². The van der Waals surface area contributed by atoms with E-state index in [9.17, 15) is 9.90 Å². The van der Waals surface area contributed by atoms with Crippen molar-refractivity contribution >= 4 is 16.9 Å². The van der Waals surface area contributed by atoms with E-state index in [4.69, 9.17) is 0 Å². The van der Waals surface area contributed by atoms with Crippen molar-refractivity contribution in [2.45, 2.75) is 25.6 Å². The predicted molar refractivity (Wildman–Crippen MR) is 89.1 cm³/mol. The molecule has 2 heterocycles. The molecule has 4 heteroatoms. The van der Waals surface area contributed by atoms with Crippen molar-refractivity contribution in [3.8, 4) is 0 Å². The molecule has 0 amide bonds. The number of benzene rings is 2. The molecule has 0 bridgehead atoms.